The maximum Gasteiger partial charge on any atom is 0.256 e. The molecule has 0 N–H and O–H groups in total. The van der Waals surface area contributed by atoms with Crippen LogP contribution in [0.4, 0.5) is 0 Å². The van der Waals surface area contributed by atoms with E-state index in [2.05, 4.69) is 0 Å². The molecule has 4 nitrogen and oxygen atoms in total. The zero-order valence-electron chi connectivity index (χ0n) is 9.07. The standard InChI is InChI=1S/C10H16N2O2/c1-7-5-9(13)12(10(7)14)8(2)6-11(3)4/h5,8H,6H2,1-4H3. The molecule has 0 aliphatic carbocycles. The Morgan fingerprint density at radius 1 is 1.43 bits per heavy atom. The molecule has 0 saturated heterocycles. The number of hydrogen-bond donors (Lipinski definition) is 0. The Bertz CT molecular complexity index is 294. The van der Waals surface area contributed by atoms with Crippen molar-refractivity contribution in [2.45, 2.75) is 19.9 Å². The third-order valence-electron chi connectivity index (χ3n) is 2.20. The van der Waals surface area contributed by atoms with E-state index in [0.29, 0.717) is 12.1 Å². The zero-order valence-corrected chi connectivity index (χ0v) is 9.07. The van der Waals surface area contributed by atoms with Gasteiger partial charge in [-0.2, -0.15) is 0 Å². The van der Waals surface area contributed by atoms with Crippen LogP contribution < -0.4 is 0 Å². The molecule has 1 aliphatic heterocycles. The van der Waals surface area contributed by atoms with E-state index < -0.39 is 0 Å². The molecule has 0 aromatic carbocycles. The van der Waals surface area contributed by atoms with Crippen molar-refractivity contribution in [3.8, 4) is 0 Å². The Balaban J connectivity index is 2.71. The summed E-state index contributed by atoms with van der Waals surface area (Å²) < 4.78 is 0. The Morgan fingerprint density at radius 3 is 2.36 bits per heavy atom. The van der Waals surface area contributed by atoms with Gasteiger partial charge in [-0.3, -0.25) is 14.5 Å². The number of rotatable bonds is 3. The van der Waals surface area contributed by atoms with Gasteiger partial charge in [-0.1, -0.05) is 0 Å². The highest BCUT2D eigenvalue weighted by Gasteiger charge is 2.32. The second kappa shape index (κ2) is 3.92. The largest absolute Gasteiger partial charge is 0.307 e. The Labute approximate surface area is 84.2 Å². The van der Waals surface area contributed by atoms with Crippen LogP contribution in [0.5, 0.6) is 0 Å². The number of carbonyl (C=O) groups is 2. The van der Waals surface area contributed by atoms with Crippen molar-refractivity contribution in [3.05, 3.63) is 11.6 Å². The molecule has 0 aromatic heterocycles. The lowest BCUT2D eigenvalue weighted by atomic mass is 10.2. The first kappa shape index (κ1) is 10.9. The van der Waals surface area contributed by atoms with Crippen molar-refractivity contribution in [2.24, 2.45) is 0 Å². The van der Waals surface area contributed by atoms with Crippen LogP contribution in [-0.4, -0.2) is 48.3 Å². The van der Waals surface area contributed by atoms with E-state index in [-0.39, 0.29) is 17.9 Å². The third-order valence-corrected chi connectivity index (χ3v) is 2.20. The summed E-state index contributed by atoms with van der Waals surface area (Å²) in [7, 11) is 3.84. The molecule has 0 bridgehead atoms. The third kappa shape index (κ3) is 2.01. The minimum atomic E-state index is -0.193. The molecular formula is C10H16N2O2. The first-order chi connectivity index (χ1) is 6.43. The van der Waals surface area contributed by atoms with Crippen LogP contribution in [-0.2, 0) is 9.59 Å². The molecule has 14 heavy (non-hydrogen) atoms. The molecule has 0 radical (unpaired) electrons. The summed E-state index contributed by atoms with van der Waals surface area (Å²) in [6.07, 6.45) is 1.40. The second-order valence-corrected chi connectivity index (χ2v) is 3.95. The lowest BCUT2D eigenvalue weighted by molar-refractivity contribution is -0.139. The quantitative estimate of drug-likeness (QED) is 0.608. The Hall–Kier alpha value is -1.16. The van der Waals surface area contributed by atoms with Crippen molar-refractivity contribution in [1.82, 2.24) is 9.80 Å². The van der Waals surface area contributed by atoms with Gasteiger partial charge in [-0.25, -0.2) is 0 Å². The summed E-state index contributed by atoms with van der Waals surface area (Å²) in [5, 5.41) is 0. The fourth-order valence-electron chi connectivity index (χ4n) is 1.63. The van der Waals surface area contributed by atoms with Crippen molar-refractivity contribution in [2.75, 3.05) is 20.6 Å². The minimum absolute atomic E-state index is 0.0706. The molecule has 1 unspecified atom stereocenters. The summed E-state index contributed by atoms with van der Waals surface area (Å²) in [4.78, 5) is 26.3. The van der Waals surface area contributed by atoms with Crippen LogP contribution >= 0.6 is 0 Å². The molecule has 1 aliphatic rings. The Kier molecular flexibility index (Phi) is 3.06. The van der Waals surface area contributed by atoms with Crippen LogP contribution in [0.15, 0.2) is 11.6 Å². The number of amides is 2. The predicted octanol–water partition coefficient (Wildman–Crippen LogP) is 0.252. The maximum atomic E-state index is 11.6. The van der Waals surface area contributed by atoms with E-state index >= 15 is 0 Å². The fraction of sp³-hybridized carbons (Fsp3) is 0.600. The number of imide groups is 1. The van der Waals surface area contributed by atoms with Gasteiger partial charge in [0.15, 0.2) is 0 Å². The lowest BCUT2D eigenvalue weighted by Gasteiger charge is -2.25. The first-order valence-corrected chi connectivity index (χ1v) is 4.64. The maximum absolute atomic E-state index is 11.6. The van der Waals surface area contributed by atoms with Crippen LogP contribution in [0.2, 0.25) is 0 Å². The monoisotopic (exact) mass is 196 g/mol. The zero-order chi connectivity index (χ0) is 10.9. The van der Waals surface area contributed by atoms with Gasteiger partial charge in [-0.05, 0) is 27.9 Å². The summed E-state index contributed by atoms with van der Waals surface area (Å²) >= 11 is 0. The topological polar surface area (TPSA) is 40.6 Å². The molecule has 1 atom stereocenters. The first-order valence-electron chi connectivity index (χ1n) is 4.64. The highest BCUT2D eigenvalue weighted by molar-refractivity contribution is 6.16. The van der Waals surface area contributed by atoms with Crippen molar-refractivity contribution >= 4 is 11.8 Å². The summed E-state index contributed by atoms with van der Waals surface area (Å²) in [6, 6.07) is -0.0706. The van der Waals surface area contributed by atoms with Gasteiger partial charge in [0.25, 0.3) is 11.8 Å². The molecule has 0 saturated carbocycles. The molecule has 4 heteroatoms. The smallest absolute Gasteiger partial charge is 0.256 e. The van der Waals surface area contributed by atoms with Gasteiger partial charge >= 0.3 is 0 Å². The van der Waals surface area contributed by atoms with Crippen molar-refractivity contribution in [1.29, 1.82) is 0 Å². The Morgan fingerprint density at radius 2 is 2.00 bits per heavy atom. The normalized spacial score (nSPS) is 19.2. The number of likely N-dealkylation sites (N-methyl/N-ethyl adjacent to an activating group) is 1. The molecule has 0 aromatic rings. The second-order valence-electron chi connectivity index (χ2n) is 3.95. The molecular weight excluding hydrogens is 180 g/mol. The molecule has 0 spiro atoms. The van der Waals surface area contributed by atoms with Gasteiger partial charge in [0, 0.05) is 18.2 Å². The number of nitrogens with zero attached hydrogens (tertiary/aromatic N) is 2. The summed E-state index contributed by atoms with van der Waals surface area (Å²) in [5.41, 5.74) is 0.528. The van der Waals surface area contributed by atoms with E-state index in [9.17, 15) is 9.59 Å². The average Bonchev–Trinajstić information content (AvgIpc) is 2.25. The molecule has 1 heterocycles. The summed E-state index contributed by atoms with van der Waals surface area (Å²) in [5.74, 6) is -0.355. The lowest BCUT2D eigenvalue weighted by Crippen LogP contribution is -2.44. The van der Waals surface area contributed by atoms with Crippen molar-refractivity contribution in [3.63, 3.8) is 0 Å². The van der Waals surface area contributed by atoms with Gasteiger partial charge in [-0.15, -0.1) is 0 Å². The fourth-order valence-corrected chi connectivity index (χ4v) is 1.63. The number of hydrogen-bond acceptors (Lipinski definition) is 3. The highest BCUT2D eigenvalue weighted by Crippen LogP contribution is 2.15. The van der Waals surface area contributed by atoms with Crippen LogP contribution in [0, 0.1) is 0 Å². The average molecular weight is 196 g/mol. The van der Waals surface area contributed by atoms with Crippen molar-refractivity contribution < 1.29 is 9.59 Å². The predicted molar refractivity (Wildman–Crippen MR) is 53.6 cm³/mol. The van der Waals surface area contributed by atoms with Crippen LogP contribution in [0.25, 0.3) is 0 Å². The van der Waals surface area contributed by atoms with E-state index in [1.165, 1.54) is 11.0 Å². The van der Waals surface area contributed by atoms with E-state index in [0.717, 1.165) is 0 Å². The van der Waals surface area contributed by atoms with Gasteiger partial charge < -0.3 is 4.90 Å². The van der Waals surface area contributed by atoms with Crippen LogP contribution in [0.1, 0.15) is 13.8 Å². The summed E-state index contributed by atoms with van der Waals surface area (Å²) in [6.45, 7) is 4.24. The SMILES string of the molecule is CC1=CC(=O)N(C(C)CN(C)C)C1=O. The highest BCUT2D eigenvalue weighted by atomic mass is 16.2. The van der Waals surface area contributed by atoms with Gasteiger partial charge in [0.1, 0.15) is 0 Å². The van der Waals surface area contributed by atoms with Gasteiger partial charge in [0.2, 0.25) is 0 Å². The molecule has 0 fully saturated rings. The van der Waals surface area contributed by atoms with E-state index in [1.807, 2.05) is 25.9 Å². The molecule has 1 rings (SSSR count). The molecule has 78 valence electrons. The van der Waals surface area contributed by atoms with Crippen LogP contribution in [0.3, 0.4) is 0 Å². The minimum Gasteiger partial charge on any atom is -0.307 e. The number of carbonyl (C=O) groups excluding carboxylic acids is 2. The van der Waals surface area contributed by atoms with E-state index in [1.54, 1.807) is 6.92 Å². The van der Waals surface area contributed by atoms with E-state index in [4.69, 9.17) is 0 Å². The molecule has 2 amide bonds. The van der Waals surface area contributed by atoms with Gasteiger partial charge in [0.05, 0.1) is 6.04 Å².